The van der Waals surface area contributed by atoms with Gasteiger partial charge in [-0.1, -0.05) is 72.2 Å². The van der Waals surface area contributed by atoms with E-state index < -0.39 is 12.2 Å². The Morgan fingerprint density at radius 3 is 2.12 bits per heavy atom. The predicted molar refractivity (Wildman–Crippen MR) is 172 cm³/mol. The fourth-order valence-corrected chi connectivity index (χ4v) is 4.52. The number of anilines is 2. The second-order valence-corrected chi connectivity index (χ2v) is 12.1. The van der Waals surface area contributed by atoms with Crippen molar-refractivity contribution in [2.45, 2.75) is 84.7 Å². The van der Waals surface area contributed by atoms with Crippen LogP contribution in [-0.2, 0) is 20.4 Å². The zero-order chi connectivity index (χ0) is 31.9. The molecule has 1 atom stereocenters. The fraction of sp³-hybridized carbons (Fsp3) is 0.412. The number of amides is 2. The lowest BCUT2D eigenvalue weighted by atomic mass is 9.76. The third-order valence-corrected chi connectivity index (χ3v) is 8.30. The maximum atomic E-state index is 13.3. The quantitative estimate of drug-likeness (QED) is 0.177. The topological polar surface area (TPSA) is 106 Å². The largest absolute Gasteiger partial charge is 0.504 e. The Morgan fingerprint density at radius 1 is 0.884 bits per heavy atom. The molecule has 3 N–H and O–H groups in total. The highest BCUT2D eigenvalue weighted by atomic mass is 35.5. The van der Waals surface area contributed by atoms with E-state index in [1.165, 1.54) is 24.8 Å². The Morgan fingerprint density at radius 2 is 1.53 bits per heavy atom. The third-order valence-electron chi connectivity index (χ3n) is 8.01. The highest BCUT2D eigenvalue weighted by Crippen LogP contribution is 2.40. The first-order valence-electron chi connectivity index (χ1n) is 14.5. The van der Waals surface area contributed by atoms with Crippen LogP contribution in [0.5, 0.6) is 23.0 Å². The molecule has 1 unspecified atom stereocenters. The van der Waals surface area contributed by atoms with Gasteiger partial charge in [0.1, 0.15) is 17.2 Å². The highest BCUT2D eigenvalue weighted by molar-refractivity contribution is 6.32. The summed E-state index contributed by atoms with van der Waals surface area (Å²) in [5, 5.41) is 15.4. The number of phenols is 1. The summed E-state index contributed by atoms with van der Waals surface area (Å²) in [5.74, 6) is 0.898. The molecule has 0 aliphatic carbocycles. The van der Waals surface area contributed by atoms with E-state index in [9.17, 15) is 14.7 Å². The van der Waals surface area contributed by atoms with Gasteiger partial charge in [0.2, 0.25) is 0 Å². The van der Waals surface area contributed by atoms with Crippen LogP contribution in [0.25, 0.3) is 0 Å². The molecule has 0 fully saturated rings. The highest BCUT2D eigenvalue weighted by Gasteiger charge is 2.29. The molecular weight excluding hydrogens is 568 g/mol. The summed E-state index contributed by atoms with van der Waals surface area (Å²) in [7, 11) is 1.21. The van der Waals surface area contributed by atoms with Crippen molar-refractivity contribution in [3.05, 3.63) is 70.7 Å². The summed E-state index contributed by atoms with van der Waals surface area (Å²) in [4.78, 5) is 24.9. The number of methoxy groups -OCH3 is 1. The molecule has 0 heterocycles. The molecule has 0 aliphatic heterocycles. The maximum Gasteiger partial charge on any atom is 0.411 e. The van der Waals surface area contributed by atoms with Crippen LogP contribution in [0.4, 0.5) is 16.2 Å². The first-order valence-corrected chi connectivity index (χ1v) is 14.9. The second-order valence-electron chi connectivity index (χ2n) is 11.7. The van der Waals surface area contributed by atoms with Crippen molar-refractivity contribution in [1.29, 1.82) is 0 Å². The van der Waals surface area contributed by atoms with Gasteiger partial charge in [-0.25, -0.2) is 4.79 Å². The maximum absolute atomic E-state index is 13.3. The number of carbonyl (C=O) groups is 2. The van der Waals surface area contributed by atoms with E-state index >= 15 is 0 Å². The lowest BCUT2D eigenvalue weighted by Crippen LogP contribution is -2.33. The molecule has 0 radical (unpaired) electrons. The van der Waals surface area contributed by atoms with E-state index in [0.29, 0.717) is 17.9 Å². The molecule has 43 heavy (non-hydrogen) atoms. The molecule has 0 saturated heterocycles. The first-order chi connectivity index (χ1) is 20.2. The zero-order valence-electron chi connectivity index (χ0n) is 26.3. The van der Waals surface area contributed by atoms with Crippen LogP contribution in [-0.4, -0.2) is 30.3 Å². The third kappa shape index (κ3) is 8.35. The van der Waals surface area contributed by atoms with Crippen LogP contribution in [0.1, 0.15) is 78.9 Å². The predicted octanol–water partition coefficient (Wildman–Crippen LogP) is 9.19. The number of hydrogen-bond donors (Lipinski definition) is 3. The van der Waals surface area contributed by atoms with E-state index in [1.54, 1.807) is 24.3 Å². The van der Waals surface area contributed by atoms with Gasteiger partial charge in [-0.2, -0.15) is 0 Å². The molecule has 0 spiro atoms. The van der Waals surface area contributed by atoms with Crippen LogP contribution in [0, 0.1) is 0 Å². The summed E-state index contributed by atoms with van der Waals surface area (Å²) in [5.41, 5.74) is 2.87. The minimum Gasteiger partial charge on any atom is -0.504 e. The Bertz CT molecular complexity index is 1440. The smallest absolute Gasteiger partial charge is 0.411 e. The van der Waals surface area contributed by atoms with E-state index in [1.807, 2.05) is 13.0 Å². The molecule has 0 bridgehead atoms. The zero-order valence-corrected chi connectivity index (χ0v) is 27.0. The molecule has 0 aromatic heterocycles. The van der Waals surface area contributed by atoms with Crippen molar-refractivity contribution >= 4 is 35.0 Å². The van der Waals surface area contributed by atoms with E-state index in [-0.39, 0.29) is 38.9 Å². The number of phenolic OH excluding ortho intramolecular Hbond substituents is 1. The van der Waals surface area contributed by atoms with Crippen LogP contribution < -0.4 is 20.1 Å². The number of carbonyl (C=O) groups excluding carboxylic acids is 2. The van der Waals surface area contributed by atoms with Crippen molar-refractivity contribution < 1.29 is 28.9 Å². The average molecular weight is 611 g/mol. The van der Waals surface area contributed by atoms with Gasteiger partial charge in [-0.3, -0.25) is 10.1 Å². The van der Waals surface area contributed by atoms with E-state index in [2.05, 4.69) is 69.0 Å². The van der Waals surface area contributed by atoms with Gasteiger partial charge in [-0.15, -0.1) is 0 Å². The second kappa shape index (κ2) is 14.0. The number of aromatic hydroxyl groups is 1. The fourth-order valence-electron chi connectivity index (χ4n) is 4.31. The normalized spacial score (nSPS) is 12.3. The number of benzene rings is 3. The number of rotatable bonds is 12. The first kappa shape index (κ1) is 33.6. The van der Waals surface area contributed by atoms with E-state index in [4.69, 9.17) is 21.1 Å². The molecule has 232 valence electrons. The van der Waals surface area contributed by atoms with Gasteiger partial charge >= 0.3 is 6.09 Å². The van der Waals surface area contributed by atoms with Crippen molar-refractivity contribution in [2.75, 3.05) is 17.7 Å². The molecule has 0 saturated carbocycles. The molecule has 0 aliphatic rings. The Labute approximate surface area is 259 Å². The minimum atomic E-state index is -0.763. The summed E-state index contributed by atoms with van der Waals surface area (Å²) in [6, 6.07) is 16.0. The summed E-state index contributed by atoms with van der Waals surface area (Å²) < 4.78 is 16.8. The summed E-state index contributed by atoms with van der Waals surface area (Å²) >= 11 is 6.09. The van der Waals surface area contributed by atoms with Crippen molar-refractivity contribution in [1.82, 2.24) is 0 Å². The van der Waals surface area contributed by atoms with Crippen LogP contribution >= 0.6 is 11.6 Å². The van der Waals surface area contributed by atoms with Gasteiger partial charge in [0, 0.05) is 23.4 Å². The van der Waals surface area contributed by atoms with Crippen LogP contribution in [0.15, 0.2) is 54.6 Å². The van der Waals surface area contributed by atoms with Gasteiger partial charge in [-0.05, 0) is 66.0 Å². The van der Waals surface area contributed by atoms with E-state index in [0.717, 1.165) is 24.2 Å². The minimum absolute atomic E-state index is 0.00686. The molecule has 3 rings (SSSR count). The number of nitrogens with one attached hydrogen (secondary N) is 2. The summed E-state index contributed by atoms with van der Waals surface area (Å²) in [6.45, 7) is 15.2. The molecule has 9 heteroatoms. The van der Waals surface area contributed by atoms with Gasteiger partial charge in [0.05, 0.1) is 17.8 Å². The monoisotopic (exact) mass is 610 g/mol. The van der Waals surface area contributed by atoms with Crippen molar-refractivity contribution in [2.24, 2.45) is 0 Å². The van der Waals surface area contributed by atoms with Crippen LogP contribution in [0.3, 0.4) is 0 Å². The lowest BCUT2D eigenvalue weighted by molar-refractivity contribution is -0.122. The van der Waals surface area contributed by atoms with Crippen LogP contribution in [0.2, 0.25) is 5.02 Å². The van der Waals surface area contributed by atoms with Gasteiger partial charge in [0.15, 0.2) is 11.9 Å². The average Bonchev–Trinajstić information content (AvgIpc) is 2.99. The Kier molecular flexibility index (Phi) is 11.0. The van der Waals surface area contributed by atoms with Crippen molar-refractivity contribution in [3.63, 3.8) is 0 Å². The molecule has 3 aromatic carbocycles. The molecule has 3 aromatic rings. The Hall–Kier alpha value is -3.91. The number of ether oxygens (including phenoxy) is 3. The van der Waals surface area contributed by atoms with Crippen molar-refractivity contribution in [3.8, 4) is 23.0 Å². The van der Waals surface area contributed by atoms with Gasteiger partial charge < -0.3 is 24.6 Å². The molecular formula is C34H43ClN2O6. The lowest BCUT2D eigenvalue weighted by Gasteiger charge is -2.31. The molecule has 8 nitrogen and oxygen atoms in total. The SMILES string of the molecule is CCC(Oc1ccc(C(C)(C)CC)cc1C(C)(C)CC)C(=O)Nc1ccc(Oc2cc(Cl)c(O)c(NC(=O)OC)c2)cc1. The standard InChI is InChI=1S/C34H43ClN2O6/c1-9-28(43-29-17-12-21(33(4,5)10-2)18-25(29)34(6,7)11-3)31(39)36-22-13-15-23(16-14-22)42-24-19-26(35)30(38)27(20-24)37-32(40)41-8/h12-20,28,38H,9-11H2,1-8H3,(H,36,39)(H,37,40). The molecule has 2 amide bonds. The van der Waals surface area contributed by atoms with Gasteiger partial charge in [0.25, 0.3) is 5.91 Å². The summed E-state index contributed by atoms with van der Waals surface area (Å²) in [6.07, 6.45) is 0.980. The number of halogens is 1. The number of hydrogen-bond acceptors (Lipinski definition) is 6. The Balaban J connectivity index is 1.75.